The monoisotopic (exact) mass is 344 g/mol. The van der Waals surface area contributed by atoms with Crippen LogP contribution in [0.2, 0.25) is 0 Å². The standard InChI is InChI=1S/C12H16N4O2S3/c1-7(2)5-19-11-14-15-12(21-11)20-6-10(17)13-9-4-8(3)18-16-9/h4,7H,5-6H2,1-3H3,(H,13,16,17). The fourth-order valence-electron chi connectivity index (χ4n) is 1.28. The topological polar surface area (TPSA) is 80.9 Å². The Labute approximate surface area is 135 Å². The Balaban J connectivity index is 1.76. The lowest BCUT2D eigenvalue weighted by Gasteiger charge is -1.99. The zero-order valence-corrected chi connectivity index (χ0v) is 14.4. The zero-order chi connectivity index (χ0) is 15.2. The first-order chi connectivity index (χ1) is 10.0. The van der Waals surface area contributed by atoms with E-state index in [0.717, 1.165) is 14.4 Å². The van der Waals surface area contributed by atoms with Crippen molar-refractivity contribution >= 4 is 46.6 Å². The minimum Gasteiger partial charge on any atom is -0.360 e. The van der Waals surface area contributed by atoms with Crippen LogP contribution in [0.4, 0.5) is 5.82 Å². The molecule has 0 radical (unpaired) electrons. The number of aryl methyl sites for hydroxylation is 1. The van der Waals surface area contributed by atoms with Gasteiger partial charge in [0, 0.05) is 11.8 Å². The molecule has 0 bridgehead atoms. The van der Waals surface area contributed by atoms with Crippen molar-refractivity contribution < 1.29 is 9.32 Å². The Bertz CT molecular complexity index is 597. The van der Waals surface area contributed by atoms with Crippen molar-refractivity contribution in [2.45, 2.75) is 29.5 Å². The minimum absolute atomic E-state index is 0.139. The van der Waals surface area contributed by atoms with E-state index in [1.54, 1.807) is 24.8 Å². The van der Waals surface area contributed by atoms with Gasteiger partial charge in [0.05, 0.1) is 5.75 Å². The van der Waals surface area contributed by atoms with Gasteiger partial charge in [0.1, 0.15) is 5.76 Å². The third-order valence-electron chi connectivity index (χ3n) is 2.15. The molecule has 0 aliphatic carbocycles. The predicted octanol–water partition coefficient (Wildman–Crippen LogP) is 3.31. The van der Waals surface area contributed by atoms with Gasteiger partial charge in [-0.25, -0.2) is 0 Å². The molecule has 1 N–H and O–H groups in total. The number of aromatic nitrogens is 3. The molecule has 2 aromatic rings. The highest BCUT2D eigenvalue weighted by molar-refractivity contribution is 8.03. The molecule has 9 heteroatoms. The molecule has 0 unspecified atom stereocenters. The summed E-state index contributed by atoms with van der Waals surface area (Å²) in [5, 5.41) is 14.6. The molecule has 0 aromatic carbocycles. The Kier molecular flexibility index (Phi) is 6.07. The molecule has 2 heterocycles. The summed E-state index contributed by atoms with van der Waals surface area (Å²) in [6.07, 6.45) is 0. The molecule has 0 aliphatic rings. The highest BCUT2D eigenvalue weighted by atomic mass is 32.2. The average molecular weight is 344 g/mol. The summed E-state index contributed by atoms with van der Waals surface area (Å²) in [4.78, 5) is 11.8. The van der Waals surface area contributed by atoms with Gasteiger partial charge in [-0.05, 0) is 12.8 Å². The largest absolute Gasteiger partial charge is 0.360 e. The molecular weight excluding hydrogens is 328 g/mol. The van der Waals surface area contributed by atoms with E-state index in [4.69, 9.17) is 4.52 Å². The summed E-state index contributed by atoms with van der Waals surface area (Å²) in [7, 11) is 0. The second-order valence-electron chi connectivity index (χ2n) is 4.70. The predicted molar refractivity (Wildman–Crippen MR) is 86.1 cm³/mol. The van der Waals surface area contributed by atoms with E-state index in [-0.39, 0.29) is 11.7 Å². The molecule has 21 heavy (non-hydrogen) atoms. The minimum atomic E-state index is -0.139. The van der Waals surface area contributed by atoms with Crippen LogP contribution in [-0.4, -0.2) is 32.8 Å². The van der Waals surface area contributed by atoms with Crippen LogP contribution >= 0.6 is 34.9 Å². The smallest absolute Gasteiger partial charge is 0.236 e. The van der Waals surface area contributed by atoms with E-state index >= 15 is 0 Å². The van der Waals surface area contributed by atoms with Gasteiger partial charge in [-0.2, -0.15) is 0 Å². The second kappa shape index (κ2) is 7.81. The van der Waals surface area contributed by atoms with Crippen molar-refractivity contribution in [3.63, 3.8) is 0 Å². The van der Waals surface area contributed by atoms with Crippen LogP contribution in [0, 0.1) is 12.8 Å². The number of nitrogens with one attached hydrogen (secondary N) is 1. The van der Waals surface area contributed by atoms with E-state index < -0.39 is 0 Å². The van der Waals surface area contributed by atoms with Crippen LogP contribution in [0.15, 0.2) is 19.3 Å². The molecule has 0 atom stereocenters. The molecule has 1 amide bonds. The van der Waals surface area contributed by atoms with Crippen molar-refractivity contribution in [1.82, 2.24) is 15.4 Å². The maximum atomic E-state index is 11.8. The molecule has 114 valence electrons. The lowest BCUT2D eigenvalue weighted by molar-refractivity contribution is -0.113. The lowest BCUT2D eigenvalue weighted by atomic mass is 10.3. The Morgan fingerprint density at radius 3 is 2.71 bits per heavy atom. The number of rotatable bonds is 7. The maximum Gasteiger partial charge on any atom is 0.236 e. The van der Waals surface area contributed by atoms with Crippen LogP contribution in [-0.2, 0) is 4.79 Å². The van der Waals surface area contributed by atoms with Gasteiger partial charge in [-0.1, -0.05) is 53.9 Å². The van der Waals surface area contributed by atoms with Gasteiger partial charge >= 0.3 is 0 Å². The first-order valence-electron chi connectivity index (χ1n) is 6.35. The van der Waals surface area contributed by atoms with Crippen molar-refractivity contribution in [3.05, 3.63) is 11.8 Å². The Hall–Kier alpha value is -1.06. The van der Waals surface area contributed by atoms with E-state index in [2.05, 4.69) is 34.5 Å². The Morgan fingerprint density at radius 1 is 1.38 bits per heavy atom. The molecule has 0 fully saturated rings. The zero-order valence-electron chi connectivity index (χ0n) is 12.0. The number of amides is 1. The van der Waals surface area contributed by atoms with Gasteiger partial charge in [0.2, 0.25) is 5.91 Å². The number of carbonyl (C=O) groups is 1. The van der Waals surface area contributed by atoms with Crippen molar-refractivity contribution in [2.24, 2.45) is 5.92 Å². The summed E-state index contributed by atoms with van der Waals surface area (Å²) >= 11 is 4.59. The summed E-state index contributed by atoms with van der Waals surface area (Å²) in [5.41, 5.74) is 0. The van der Waals surface area contributed by atoms with Crippen LogP contribution in [0.1, 0.15) is 19.6 Å². The fraction of sp³-hybridized carbons (Fsp3) is 0.500. The number of nitrogens with zero attached hydrogens (tertiary/aromatic N) is 3. The molecule has 2 aromatic heterocycles. The van der Waals surface area contributed by atoms with E-state index in [9.17, 15) is 4.79 Å². The molecule has 0 saturated heterocycles. The number of thioether (sulfide) groups is 2. The van der Waals surface area contributed by atoms with Crippen molar-refractivity contribution in [1.29, 1.82) is 0 Å². The summed E-state index contributed by atoms with van der Waals surface area (Å²) < 4.78 is 6.63. The molecule has 2 rings (SSSR count). The summed E-state index contributed by atoms with van der Waals surface area (Å²) in [5.74, 6) is 2.87. The van der Waals surface area contributed by atoms with Gasteiger partial charge in [0.15, 0.2) is 14.5 Å². The second-order valence-corrected chi connectivity index (χ2v) is 8.17. The van der Waals surface area contributed by atoms with E-state index in [1.165, 1.54) is 23.1 Å². The highest BCUT2D eigenvalue weighted by Crippen LogP contribution is 2.29. The van der Waals surface area contributed by atoms with Gasteiger partial charge in [0.25, 0.3) is 0 Å². The van der Waals surface area contributed by atoms with Gasteiger partial charge in [-0.15, -0.1) is 10.2 Å². The number of carbonyl (C=O) groups excluding carboxylic acids is 1. The van der Waals surface area contributed by atoms with Crippen LogP contribution in [0.25, 0.3) is 0 Å². The van der Waals surface area contributed by atoms with Crippen molar-refractivity contribution in [3.8, 4) is 0 Å². The number of hydrogen-bond donors (Lipinski definition) is 1. The third-order valence-corrected chi connectivity index (χ3v) is 5.77. The maximum absolute atomic E-state index is 11.8. The first-order valence-corrected chi connectivity index (χ1v) is 9.14. The summed E-state index contributed by atoms with van der Waals surface area (Å²) in [6, 6.07) is 1.67. The molecular formula is C12H16N4O2S3. The number of hydrogen-bond acceptors (Lipinski definition) is 8. The lowest BCUT2D eigenvalue weighted by Crippen LogP contribution is -2.14. The van der Waals surface area contributed by atoms with Crippen LogP contribution in [0.5, 0.6) is 0 Å². The number of anilines is 1. The van der Waals surface area contributed by atoms with Crippen LogP contribution in [0.3, 0.4) is 0 Å². The first kappa shape index (κ1) is 16.3. The quantitative estimate of drug-likeness (QED) is 0.772. The van der Waals surface area contributed by atoms with Crippen LogP contribution < -0.4 is 5.32 Å². The molecule has 0 saturated carbocycles. The Morgan fingerprint density at radius 2 is 2.10 bits per heavy atom. The van der Waals surface area contributed by atoms with E-state index in [1.807, 2.05) is 0 Å². The average Bonchev–Trinajstić information content (AvgIpc) is 3.03. The molecule has 0 aliphatic heterocycles. The summed E-state index contributed by atoms with van der Waals surface area (Å²) in [6.45, 7) is 6.11. The van der Waals surface area contributed by atoms with E-state index in [0.29, 0.717) is 17.5 Å². The highest BCUT2D eigenvalue weighted by Gasteiger charge is 2.10. The SMILES string of the molecule is Cc1cc(NC(=O)CSc2nnc(SCC(C)C)s2)no1. The third kappa shape index (κ3) is 5.68. The van der Waals surface area contributed by atoms with Gasteiger partial charge in [-0.3, -0.25) is 4.79 Å². The fourth-order valence-corrected chi connectivity index (χ4v) is 4.08. The molecule has 6 nitrogen and oxygen atoms in total. The van der Waals surface area contributed by atoms with Crippen molar-refractivity contribution in [2.75, 3.05) is 16.8 Å². The van der Waals surface area contributed by atoms with Gasteiger partial charge < -0.3 is 9.84 Å². The normalized spacial score (nSPS) is 11.0. The molecule has 0 spiro atoms.